The lowest BCUT2D eigenvalue weighted by Crippen LogP contribution is -2.13. The Morgan fingerprint density at radius 2 is 2.04 bits per heavy atom. The van der Waals surface area contributed by atoms with E-state index in [1.165, 1.54) is 0 Å². The summed E-state index contributed by atoms with van der Waals surface area (Å²) in [5.41, 5.74) is 1.08. The number of para-hydroxylation sites is 1. The number of nitriles is 1. The fourth-order valence-corrected chi connectivity index (χ4v) is 2.32. The molecule has 2 aromatic carbocycles. The molecule has 4 nitrogen and oxygen atoms in total. The number of nitrogens with one attached hydrogen (secondary N) is 1. The number of halogens is 2. The minimum absolute atomic E-state index is 0.233. The van der Waals surface area contributed by atoms with E-state index in [2.05, 4.69) is 11.4 Å². The minimum atomic E-state index is -0.770. The van der Waals surface area contributed by atoms with Gasteiger partial charge in [-0.15, -0.1) is 0 Å². The summed E-state index contributed by atoms with van der Waals surface area (Å²) in [6, 6.07) is 13.2. The third-order valence-electron chi connectivity index (χ3n) is 3.10. The molecule has 0 heterocycles. The maximum Gasteiger partial charge on any atom is 0.310 e. The highest BCUT2D eigenvalue weighted by atomic mass is 35.5. The lowest BCUT2D eigenvalue weighted by molar-refractivity contribution is -0.134. The van der Waals surface area contributed by atoms with Gasteiger partial charge in [0.05, 0.1) is 16.8 Å². The summed E-state index contributed by atoms with van der Waals surface area (Å²) in [5.74, 6) is -0.0876. The highest BCUT2D eigenvalue weighted by molar-refractivity contribution is 6.33. The Labute approximate surface area is 144 Å². The van der Waals surface area contributed by atoms with Crippen molar-refractivity contribution in [3.05, 3.63) is 58.1 Å². The summed E-state index contributed by atoms with van der Waals surface area (Å²) < 4.78 is 5.28. The Hall–Kier alpha value is -2.22. The standard InChI is InChI=1S/C17H14Cl2N2O2/c1-2-17(22)23-16-8-7-11(18)9-12(16)15(10-20)21-14-6-4-3-5-13(14)19/h3-9,15,21H,2H2,1H3. The second-order valence-electron chi connectivity index (χ2n) is 4.70. The molecule has 6 heteroatoms. The highest BCUT2D eigenvalue weighted by Gasteiger charge is 2.19. The van der Waals surface area contributed by atoms with Crippen LogP contribution in [0.5, 0.6) is 5.75 Å². The van der Waals surface area contributed by atoms with E-state index in [0.717, 1.165) is 0 Å². The van der Waals surface area contributed by atoms with Crippen LogP contribution in [0.15, 0.2) is 42.5 Å². The molecule has 0 saturated carbocycles. The fourth-order valence-electron chi connectivity index (χ4n) is 1.95. The molecule has 0 aliphatic rings. The molecular formula is C17H14Cl2N2O2. The van der Waals surface area contributed by atoms with E-state index in [4.69, 9.17) is 27.9 Å². The van der Waals surface area contributed by atoms with Crippen molar-refractivity contribution >= 4 is 34.9 Å². The van der Waals surface area contributed by atoms with Crippen molar-refractivity contribution in [2.75, 3.05) is 5.32 Å². The Morgan fingerprint density at radius 3 is 2.70 bits per heavy atom. The van der Waals surface area contributed by atoms with E-state index in [1.54, 1.807) is 49.4 Å². The van der Waals surface area contributed by atoms with Crippen LogP contribution in [0.2, 0.25) is 10.0 Å². The van der Waals surface area contributed by atoms with Crippen LogP contribution in [0.3, 0.4) is 0 Å². The van der Waals surface area contributed by atoms with Crippen LogP contribution in [-0.4, -0.2) is 5.97 Å². The van der Waals surface area contributed by atoms with E-state index < -0.39 is 6.04 Å². The van der Waals surface area contributed by atoms with Crippen molar-refractivity contribution in [1.82, 2.24) is 0 Å². The molecule has 1 unspecified atom stereocenters. The Bertz CT molecular complexity index is 756. The zero-order valence-electron chi connectivity index (χ0n) is 12.3. The minimum Gasteiger partial charge on any atom is -0.426 e. The zero-order valence-corrected chi connectivity index (χ0v) is 13.9. The number of carbonyl (C=O) groups excluding carboxylic acids is 1. The molecule has 0 aliphatic carbocycles. The first-order chi connectivity index (χ1) is 11.0. The average molecular weight is 349 g/mol. The van der Waals surface area contributed by atoms with E-state index in [9.17, 15) is 10.1 Å². The van der Waals surface area contributed by atoms with E-state index in [0.29, 0.717) is 27.0 Å². The van der Waals surface area contributed by atoms with Crippen LogP contribution >= 0.6 is 23.2 Å². The first-order valence-electron chi connectivity index (χ1n) is 6.96. The first kappa shape index (κ1) is 17.1. The van der Waals surface area contributed by atoms with Gasteiger partial charge in [0.15, 0.2) is 0 Å². The Kier molecular flexibility index (Phi) is 5.86. The predicted molar refractivity (Wildman–Crippen MR) is 90.8 cm³/mol. The molecule has 118 valence electrons. The summed E-state index contributed by atoms with van der Waals surface area (Å²) in [7, 11) is 0. The second kappa shape index (κ2) is 7.87. The number of anilines is 1. The highest BCUT2D eigenvalue weighted by Crippen LogP contribution is 2.32. The number of carbonyl (C=O) groups is 1. The SMILES string of the molecule is CCC(=O)Oc1ccc(Cl)cc1C(C#N)Nc1ccccc1Cl. The molecule has 0 radical (unpaired) electrons. The van der Waals surface area contributed by atoms with Crippen molar-refractivity contribution in [3.63, 3.8) is 0 Å². The van der Waals surface area contributed by atoms with Gasteiger partial charge >= 0.3 is 5.97 Å². The molecule has 0 amide bonds. The van der Waals surface area contributed by atoms with Gasteiger partial charge in [-0.3, -0.25) is 4.79 Å². The molecule has 0 bridgehead atoms. The number of esters is 1. The van der Waals surface area contributed by atoms with E-state index in [-0.39, 0.29) is 12.4 Å². The van der Waals surface area contributed by atoms with Crippen LogP contribution < -0.4 is 10.1 Å². The van der Waals surface area contributed by atoms with Gasteiger partial charge in [0, 0.05) is 17.0 Å². The molecule has 1 atom stereocenters. The van der Waals surface area contributed by atoms with Gasteiger partial charge in [0.1, 0.15) is 11.8 Å². The van der Waals surface area contributed by atoms with Crippen molar-refractivity contribution in [1.29, 1.82) is 5.26 Å². The van der Waals surface area contributed by atoms with Crippen LogP contribution in [0.1, 0.15) is 24.9 Å². The fraction of sp³-hybridized carbons (Fsp3) is 0.176. The monoisotopic (exact) mass is 348 g/mol. The summed E-state index contributed by atoms with van der Waals surface area (Å²) in [6.07, 6.45) is 0.233. The maximum absolute atomic E-state index is 11.6. The number of hydrogen-bond donors (Lipinski definition) is 1. The third kappa shape index (κ3) is 4.38. The third-order valence-corrected chi connectivity index (χ3v) is 3.66. The average Bonchev–Trinajstić information content (AvgIpc) is 2.55. The molecular weight excluding hydrogens is 335 g/mol. The molecule has 2 aromatic rings. The summed E-state index contributed by atoms with van der Waals surface area (Å²) in [4.78, 5) is 11.6. The molecule has 2 rings (SSSR count). The quantitative estimate of drug-likeness (QED) is 0.610. The zero-order chi connectivity index (χ0) is 16.8. The second-order valence-corrected chi connectivity index (χ2v) is 5.54. The molecule has 0 spiro atoms. The van der Waals surface area contributed by atoms with Crippen LogP contribution in [0.25, 0.3) is 0 Å². The molecule has 0 aliphatic heterocycles. The summed E-state index contributed by atoms with van der Waals surface area (Å²) >= 11 is 12.1. The van der Waals surface area contributed by atoms with Crippen LogP contribution in [0, 0.1) is 11.3 Å². The molecule has 0 saturated heterocycles. The molecule has 23 heavy (non-hydrogen) atoms. The number of benzene rings is 2. The lowest BCUT2D eigenvalue weighted by Gasteiger charge is -2.17. The lowest BCUT2D eigenvalue weighted by atomic mass is 10.1. The predicted octanol–water partition coefficient (Wildman–Crippen LogP) is 4.99. The number of ether oxygens (including phenoxy) is 1. The largest absolute Gasteiger partial charge is 0.426 e. The number of rotatable bonds is 5. The summed E-state index contributed by atoms with van der Waals surface area (Å²) in [5, 5.41) is 13.5. The topological polar surface area (TPSA) is 62.1 Å². The molecule has 0 aromatic heterocycles. The molecule has 0 fully saturated rings. The van der Waals surface area contributed by atoms with Gasteiger partial charge in [-0.2, -0.15) is 5.26 Å². The normalized spacial score (nSPS) is 11.4. The first-order valence-corrected chi connectivity index (χ1v) is 7.71. The van der Waals surface area contributed by atoms with Gasteiger partial charge in [0.2, 0.25) is 0 Å². The summed E-state index contributed by atoms with van der Waals surface area (Å²) in [6.45, 7) is 1.70. The van der Waals surface area contributed by atoms with Gasteiger partial charge in [-0.05, 0) is 30.3 Å². The van der Waals surface area contributed by atoms with Crippen molar-refractivity contribution < 1.29 is 9.53 Å². The van der Waals surface area contributed by atoms with Gasteiger partial charge < -0.3 is 10.1 Å². The number of nitrogens with zero attached hydrogens (tertiary/aromatic N) is 1. The maximum atomic E-state index is 11.6. The van der Waals surface area contributed by atoms with E-state index in [1.807, 2.05) is 0 Å². The van der Waals surface area contributed by atoms with Gasteiger partial charge in [0.25, 0.3) is 0 Å². The van der Waals surface area contributed by atoms with Crippen LogP contribution in [0.4, 0.5) is 5.69 Å². The van der Waals surface area contributed by atoms with Crippen LogP contribution in [-0.2, 0) is 4.79 Å². The van der Waals surface area contributed by atoms with Gasteiger partial charge in [-0.1, -0.05) is 42.3 Å². The van der Waals surface area contributed by atoms with Crippen molar-refractivity contribution in [2.24, 2.45) is 0 Å². The van der Waals surface area contributed by atoms with E-state index >= 15 is 0 Å². The van der Waals surface area contributed by atoms with Crippen molar-refractivity contribution in [3.8, 4) is 11.8 Å². The van der Waals surface area contributed by atoms with Crippen molar-refractivity contribution in [2.45, 2.75) is 19.4 Å². The Balaban J connectivity index is 2.37. The van der Waals surface area contributed by atoms with Gasteiger partial charge in [-0.25, -0.2) is 0 Å². The smallest absolute Gasteiger partial charge is 0.310 e. The molecule has 1 N–H and O–H groups in total. The Morgan fingerprint density at radius 1 is 1.30 bits per heavy atom. The number of hydrogen-bond acceptors (Lipinski definition) is 4.